The van der Waals surface area contributed by atoms with Gasteiger partial charge in [-0.3, -0.25) is 0 Å². The first-order chi connectivity index (χ1) is 11.0. The van der Waals surface area contributed by atoms with Crippen LogP contribution in [0.3, 0.4) is 0 Å². The van der Waals surface area contributed by atoms with Crippen LogP contribution in [0.5, 0.6) is 17.2 Å². The minimum atomic E-state index is -1.10. The molecule has 0 aromatic heterocycles. The molecule has 5 nitrogen and oxygen atoms in total. The van der Waals surface area contributed by atoms with Crippen molar-refractivity contribution in [1.29, 1.82) is 0 Å². The predicted octanol–water partition coefficient (Wildman–Crippen LogP) is 3.44. The molecule has 0 radical (unpaired) electrons. The number of ether oxygens (including phenoxy) is 3. The Balaban J connectivity index is 1.89. The van der Waals surface area contributed by atoms with E-state index in [1.807, 2.05) is 19.9 Å². The molecule has 2 unspecified atom stereocenters. The maximum Gasteiger partial charge on any atom is 0.349 e. The van der Waals surface area contributed by atoms with E-state index in [9.17, 15) is 9.90 Å². The SMILES string of the molecule is CC(C)Oc1ccc(C2Oc3ccccc3OC2C(=O)O)cc1. The van der Waals surface area contributed by atoms with Crippen molar-refractivity contribution in [3.63, 3.8) is 0 Å². The number of hydrogen-bond acceptors (Lipinski definition) is 4. The van der Waals surface area contributed by atoms with Crippen molar-refractivity contribution in [3.05, 3.63) is 54.1 Å². The molecular weight excluding hydrogens is 296 g/mol. The van der Waals surface area contributed by atoms with Crippen LogP contribution in [0.4, 0.5) is 0 Å². The quantitative estimate of drug-likeness (QED) is 0.936. The zero-order chi connectivity index (χ0) is 16.4. The number of rotatable bonds is 4. The summed E-state index contributed by atoms with van der Waals surface area (Å²) in [7, 11) is 0. The van der Waals surface area contributed by atoms with Gasteiger partial charge < -0.3 is 19.3 Å². The van der Waals surface area contributed by atoms with Crippen LogP contribution >= 0.6 is 0 Å². The van der Waals surface area contributed by atoms with E-state index in [-0.39, 0.29) is 6.10 Å². The summed E-state index contributed by atoms with van der Waals surface area (Å²) in [5.41, 5.74) is 0.725. The van der Waals surface area contributed by atoms with Gasteiger partial charge in [0.1, 0.15) is 5.75 Å². The highest BCUT2D eigenvalue weighted by atomic mass is 16.6. The standard InChI is InChI=1S/C18H18O5/c1-11(2)21-13-9-7-12(8-10-13)16-17(18(19)20)23-15-6-4-3-5-14(15)22-16/h3-11,16-17H,1-2H3,(H,19,20). The molecule has 5 heteroatoms. The van der Waals surface area contributed by atoms with Gasteiger partial charge in [0.2, 0.25) is 6.10 Å². The number of para-hydroxylation sites is 2. The van der Waals surface area contributed by atoms with E-state index >= 15 is 0 Å². The Hall–Kier alpha value is -2.69. The van der Waals surface area contributed by atoms with E-state index in [0.717, 1.165) is 11.3 Å². The lowest BCUT2D eigenvalue weighted by Crippen LogP contribution is -2.39. The van der Waals surface area contributed by atoms with E-state index < -0.39 is 18.2 Å². The third-order valence-corrected chi connectivity index (χ3v) is 3.46. The molecule has 0 fully saturated rings. The summed E-state index contributed by atoms with van der Waals surface area (Å²) in [6.45, 7) is 3.90. The maximum atomic E-state index is 11.5. The van der Waals surface area contributed by atoms with E-state index in [1.165, 1.54) is 0 Å². The van der Waals surface area contributed by atoms with Crippen molar-refractivity contribution >= 4 is 5.97 Å². The molecule has 2 aromatic carbocycles. The third kappa shape index (κ3) is 3.23. The van der Waals surface area contributed by atoms with Crippen LogP contribution in [-0.2, 0) is 4.79 Å². The number of hydrogen-bond donors (Lipinski definition) is 1. The Morgan fingerprint density at radius 3 is 2.22 bits per heavy atom. The van der Waals surface area contributed by atoms with Crippen molar-refractivity contribution in [1.82, 2.24) is 0 Å². The lowest BCUT2D eigenvalue weighted by molar-refractivity contribution is -0.151. The second kappa shape index (κ2) is 6.20. The molecule has 0 aliphatic carbocycles. The van der Waals surface area contributed by atoms with E-state index in [4.69, 9.17) is 14.2 Å². The average Bonchev–Trinajstić information content (AvgIpc) is 2.53. The highest BCUT2D eigenvalue weighted by molar-refractivity contribution is 5.75. The van der Waals surface area contributed by atoms with Gasteiger partial charge in [-0.15, -0.1) is 0 Å². The van der Waals surface area contributed by atoms with Gasteiger partial charge in [0.05, 0.1) is 6.10 Å². The summed E-state index contributed by atoms with van der Waals surface area (Å²) in [5.74, 6) is 0.646. The maximum absolute atomic E-state index is 11.5. The van der Waals surface area contributed by atoms with Crippen LogP contribution in [0.1, 0.15) is 25.5 Å². The zero-order valence-corrected chi connectivity index (χ0v) is 12.9. The fraction of sp³-hybridized carbons (Fsp3) is 0.278. The van der Waals surface area contributed by atoms with Crippen molar-refractivity contribution in [2.45, 2.75) is 32.2 Å². The molecule has 1 aliphatic rings. The van der Waals surface area contributed by atoms with Crippen molar-refractivity contribution in [2.24, 2.45) is 0 Å². The molecule has 3 rings (SSSR count). The molecule has 2 aromatic rings. The fourth-order valence-corrected chi connectivity index (χ4v) is 2.47. The third-order valence-electron chi connectivity index (χ3n) is 3.46. The molecule has 1 N–H and O–H groups in total. The Morgan fingerprint density at radius 2 is 1.65 bits per heavy atom. The predicted molar refractivity (Wildman–Crippen MR) is 84.1 cm³/mol. The lowest BCUT2D eigenvalue weighted by Gasteiger charge is -2.31. The highest BCUT2D eigenvalue weighted by Gasteiger charge is 2.38. The molecule has 0 saturated carbocycles. The molecule has 0 saturated heterocycles. The number of benzene rings is 2. The molecule has 0 amide bonds. The van der Waals surface area contributed by atoms with Gasteiger partial charge in [-0.1, -0.05) is 24.3 Å². The number of carbonyl (C=O) groups is 1. The summed E-state index contributed by atoms with van der Waals surface area (Å²) in [6, 6.07) is 14.3. The van der Waals surface area contributed by atoms with Gasteiger partial charge in [-0.05, 0) is 43.7 Å². The Morgan fingerprint density at radius 1 is 1.04 bits per heavy atom. The van der Waals surface area contributed by atoms with Crippen LogP contribution in [-0.4, -0.2) is 23.3 Å². The summed E-state index contributed by atoms with van der Waals surface area (Å²) < 4.78 is 17.1. The van der Waals surface area contributed by atoms with Crippen molar-refractivity contribution in [3.8, 4) is 17.2 Å². The molecule has 120 valence electrons. The summed E-state index contributed by atoms with van der Waals surface area (Å²) in [4.78, 5) is 11.5. The highest BCUT2D eigenvalue weighted by Crippen LogP contribution is 2.39. The van der Waals surface area contributed by atoms with Gasteiger partial charge in [0.25, 0.3) is 0 Å². The first-order valence-corrected chi connectivity index (χ1v) is 7.46. The zero-order valence-electron chi connectivity index (χ0n) is 12.9. The van der Waals surface area contributed by atoms with E-state index in [1.54, 1.807) is 42.5 Å². The fourth-order valence-electron chi connectivity index (χ4n) is 2.47. The Labute approximate surface area is 134 Å². The van der Waals surface area contributed by atoms with Gasteiger partial charge in [-0.2, -0.15) is 0 Å². The summed E-state index contributed by atoms with van der Waals surface area (Å²) in [5, 5.41) is 9.44. The van der Waals surface area contributed by atoms with Gasteiger partial charge in [-0.25, -0.2) is 4.79 Å². The minimum Gasteiger partial charge on any atom is -0.491 e. The molecular formula is C18H18O5. The van der Waals surface area contributed by atoms with Crippen LogP contribution in [0, 0.1) is 0 Å². The smallest absolute Gasteiger partial charge is 0.349 e. The monoisotopic (exact) mass is 314 g/mol. The van der Waals surface area contributed by atoms with Gasteiger partial charge >= 0.3 is 5.97 Å². The molecule has 0 spiro atoms. The number of fused-ring (bicyclic) bond motifs is 1. The summed E-state index contributed by atoms with van der Waals surface area (Å²) >= 11 is 0. The topological polar surface area (TPSA) is 65.0 Å². The second-order valence-corrected chi connectivity index (χ2v) is 5.60. The molecule has 23 heavy (non-hydrogen) atoms. The van der Waals surface area contributed by atoms with E-state index in [2.05, 4.69) is 0 Å². The molecule has 1 aliphatic heterocycles. The van der Waals surface area contributed by atoms with Crippen molar-refractivity contribution in [2.75, 3.05) is 0 Å². The number of carboxylic acid groups (broad SMARTS) is 1. The first-order valence-electron chi connectivity index (χ1n) is 7.46. The first kappa shape index (κ1) is 15.2. The van der Waals surface area contributed by atoms with Crippen LogP contribution < -0.4 is 14.2 Å². The largest absolute Gasteiger partial charge is 0.491 e. The van der Waals surface area contributed by atoms with Gasteiger partial charge in [0.15, 0.2) is 17.6 Å². The molecule has 1 heterocycles. The summed E-state index contributed by atoms with van der Waals surface area (Å²) in [6.07, 6.45) is -1.73. The van der Waals surface area contributed by atoms with Crippen LogP contribution in [0.2, 0.25) is 0 Å². The Kier molecular flexibility index (Phi) is 4.10. The number of aliphatic carboxylic acids is 1. The normalized spacial score (nSPS) is 19.4. The number of carboxylic acids is 1. The van der Waals surface area contributed by atoms with Crippen molar-refractivity contribution < 1.29 is 24.1 Å². The minimum absolute atomic E-state index is 0.0776. The Bertz CT molecular complexity index is 693. The van der Waals surface area contributed by atoms with Crippen LogP contribution in [0.15, 0.2) is 48.5 Å². The lowest BCUT2D eigenvalue weighted by atomic mass is 10.0. The van der Waals surface area contributed by atoms with Gasteiger partial charge in [0, 0.05) is 0 Å². The molecule has 2 atom stereocenters. The molecule has 0 bridgehead atoms. The second-order valence-electron chi connectivity index (χ2n) is 5.60. The average molecular weight is 314 g/mol. The van der Waals surface area contributed by atoms with Crippen LogP contribution in [0.25, 0.3) is 0 Å². The van der Waals surface area contributed by atoms with E-state index in [0.29, 0.717) is 11.5 Å².